The van der Waals surface area contributed by atoms with Gasteiger partial charge in [-0.05, 0) is 6.37 Å². The number of phosphoric acid groups is 1. The van der Waals surface area contributed by atoms with Gasteiger partial charge in [-0.2, -0.15) is 0 Å². The van der Waals surface area contributed by atoms with Crippen molar-refractivity contribution in [3.63, 3.8) is 0 Å². The zero-order valence-corrected chi connectivity index (χ0v) is 12.9. The smallest absolute Gasteiger partial charge is 0.268 e. The van der Waals surface area contributed by atoms with Crippen molar-refractivity contribution in [2.45, 2.75) is 83.3 Å². The van der Waals surface area contributed by atoms with E-state index in [0.29, 0.717) is 0 Å². The molecule has 0 aliphatic heterocycles. The highest BCUT2D eigenvalue weighted by atomic mass is 31.2. The highest BCUT2D eigenvalue weighted by Crippen LogP contribution is 2.38. The zero-order valence-electron chi connectivity index (χ0n) is 54.0. The highest BCUT2D eigenvalue weighted by molar-refractivity contribution is 7.45. The van der Waals surface area contributed by atoms with Crippen LogP contribution in [0, 0.1) is 0 Å². The van der Waals surface area contributed by atoms with Gasteiger partial charge in [0.15, 0.2) is 0 Å². The average molecular weight is 422 g/mol. The second kappa shape index (κ2) is 15.2. The molecule has 0 spiro atoms. The van der Waals surface area contributed by atoms with E-state index in [1.807, 2.05) is 0 Å². The van der Waals surface area contributed by atoms with Crippen LogP contribution in [0.5, 0.6) is 0 Å². The number of quaternary nitrogens is 1. The SMILES string of the molecule is [2H]C([2H])([2H])C([2H])([2H])C([2H])([2H])C([2H])([2H])C([2H])([2H])C([2H])([2H])C([2H])([2H])C([2H])([2H])C([2H])([2H])C([2H])([2H])C([2H])([2H])C([2H])([2H])C([2H])([2H])C([2H])([2H])OP(=O)([O-])OC([2H])([2H])C([2H])([2H])[N+](C([2H])([2H])[2H])(C([2H])([2H])[2H])C([2H])([2H])[2H]. The molecule has 0 rings (SSSR count). The maximum atomic E-state index is 13.0. The number of hydrogen-bond donors (Lipinski definition) is 0. The van der Waals surface area contributed by atoms with Gasteiger partial charge in [0, 0.05) is 37.0 Å². The second-order valence-electron chi connectivity index (χ2n) is 3.12. The molecule has 0 aliphatic rings. The standard InChI is InChI=1S/C19H42NO4P/c1-5-6-7-8-9-10-11-12-13-14-15-16-18-23-25(21,22)24-19-17-20(2,3)4/h5-19H2,1-4H3/i1D3,2D3,3D3,4D3,5D2,6D2,7D2,8D2,9D2,10D2,11D2,12D2,13D2,14D2,15D2,16D2,17D2,18D2,19D2. The molecule has 0 heterocycles. The fourth-order valence-electron chi connectivity index (χ4n) is 0.580. The van der Waals surface area contributed by atoms with Crippen molar-refractivity contribution in [1.82, 2.24) is 0 Å². The van der Waals surface area contributed by atoms with Gasteiger partial charge >= 0.3 is 0 Å². The van der Waals surface area contributed by atoms with Gasteiger partial charge in [0.2, 0.25) is 0 Å². The fourth-order valence-corrected chi connectivity index (χ4v) is 0.927. The van der Waals surface area contributed by atoms with Crippen molar-refractivity contribution in [3.05, 3.63) is 0 Å². The number of hydrogen-bond acceptors (Lipinski definition) is 4. The van der Waals surface area contributed by atoms with Crippen LogP contribution >= 0.6 is 7.82 Å². The van der Waals surface area contributed by atoms with Gasteiger partial charge in [0.05, 0.1) is 48.0 Å². The van der Waals surface area contributed by atoms with Crippen LogP contribution in [0.25, 0.3) is 0 Å². The molecule has 1 unspecified atom stereocenters. The fraction of sp³-hybridized carbons (Fsp3) is 1.00. The second-order valence-corrected chi connectivity index (χ2v) is 4.38. The Morgan fingerprint density at radius 2 is 1.32 bits per heavy atom. The number of nitrogens with zero attached hydrogens (tertiary/aromatic N) is 1. The van der Waals surface area contributed by atoms with Crippen LogP contribution in [-0.2, 0) is 13.6 Å². The number of likely N-dealkylation sites (N-methyl/N-ethyl adjacent to an activating group) is 1. The molecule has 25 heavy (non-hydrogen) atoms. The van der Waals surface area contributed by atoms with Crippen LogP contribution in [0.15, 0.2) is 0 Å². The van der Waals surface area contributed by atoms with E-state index in [1.54, 1.807) is 0 Å². The van der Waals surface area contributed by atoms with Crippen molar-refractivity contribution in [1.29, 1.82) is 0 Å². The third kappa shape index (κ3) is 20.2. The molecule has 0 aromatic carbocycles. The minimum atomic E-state index is -7.48. The molecule has 0 N–H and O–H groups in total. The van der Waals surface area contributed by atoms with E-state index in [2.05, 4.69) is 9.05 Å². The normalized spacial score (nSPS) is 50.1. The Labute approximate surface area is 215 Å². The summed E-state index contributed by atoms with van der Waals surface area (Å²) < 4.78 is 348. The first-order valence-corrected chi connectivity index (χ1v) is 6.99. The summed E-state index contributed by atoms with van der Waals surface area (Å²) in [6, 6.07) is 0. The minimum Gasteiger partial charge on any atom is -0.756 e. The third-order valence-electron chi connectivity index (χ3n) is 1.27. The maximum absolute atomic E-state index is 13.0. The lowest BCUT2D eigenvalue weighted by Crippen LogP contribution is -2.37. The first-order chi connectivity index (χ1) is 27.9. The topological polar surface area (TPSA) is 58.6 Å². The van der Waals surface area contributed by atoms with E-state index < -0.39 is 136 Å². The molecule has 1 atom stereocenters. The predicted molar refractivity (Wildman–Crippen MR) is 103 cm³/mol. The molecule has 0 saturated heterocycles. The van der Waals surface area contributed by atoms with Gasteiger partial charge in [-0.1, -0.05) is 77.0 Å². The van der Waals surface area contributed by atoms with Crippen LogP contribution in [0.2, 0.25) is 0 Å². The Morgan fingerprint density at radius 3 is 1.84 bits per heavy atom. The van der Waals surface area contributed by atoms with Crippen LogP contribution in [0.3, 0.4) is 0 Å². The molecule has 152 valence electrons. The summed E-state index contributed by atoms with van der Waals surface area (Å²) in [6.45, 7) is -34.0. The highest BCUT2D eigenvalue weighted by Gasteiger charge is 2.12. The minimum absolute atomic E-state index is 3.70. The van der Waals surface area contributed by atoms with Crippen molar-refractivity contribution in [2.24, 2.45) is 0 Å². The lowest BCUT2D eigenvalue weighted by Gasteiger charge is -2.27. The van der Waals surface area contributed by atoms with E-state index in [4.69, 9.17) is 57.6 Å². The molecule has 0 aliphatic carbocycles. The van der Waals surface area contributed by atoms with E-state index in [0.717, 1.165) is 0 Å². The Bertz CT molecular complexity index is 1810. The molecule has 0 radical (unpaired) electrons. The van der Waals surface area contributed by atoms with E-state index in [1.165, 1.54) is 0 Å². The summed E-state index contributed by atoms with van der Waals surface area (Å²) in [6.07, 6.45) is -62.0. The summed E-state index contributed by atoms with van der Waals surface area (Å²) in [5.74, 6) is 0. The molecule has 0 aromatic heterocycles. The van der Waals surface area contributed by atoms with E-state index >= 15 is 0 Å². The van der Waals surface area contributed by atoms with Crippen LogP contribution in [0.1, 0.15) is 141 Å². The van der Waals surface area contributed by atoms with E-state index in [-0.39, 0.29) is 0 Å². The third-order valence-corrected chi connectivity index (χ3v) is 1.90. The summed E-state index contributed by atoms with van der Waals surface area (Å²) in [4.78, 5) is 13.0. The van der Waals surface area contributed by atoms with Gasteiger partial charge in [-0.3, -0.25) is 4.57 Å². The monoisotopic (exact) mass is 422 g/mol. The summed E-state index contributed by atoms with van der Waals surface area (Å²) in [7, 11) is -7.48. The summed E-state index contributed by atoms with van der Waals surface area (Å²) in [5.41, 5.74) is 0. The summed E-state index contributed by atoms with van der Waals surface area (Å²) in [5, 5.41) is 0. The average Bonchev–Trinajstić information content (AvgIpc) is 2.99. The van der Waals surface area contributed by atoms with E-state index in [9.17, 15) is 9.46 Å². The Balaban J connectivity index is 7.75. The quantitative estimate of drug-likeness (QED) is 0.233. The summed E-state index contributed by atoms with van der Waals surface area (Å²) >= 11 is 0. The molecule has 0 bridgehead atoms. The van der Waals surface area contributed by atoms with Crippen LogP contribution < -0.4 is 4.89 Å². The first-order valence-electron chi connectivity index (χ1n) is 26.5. The van der Waals surface area contributed by atoms with Crippen molar-refractivity contribution >= 4 is 7.82 Å². The van der Waals surface area contributed by atoms with Gasteiger partial charge in [0.25, 0.3) is 7.82 Å². The lowest BCUT2D eigenvalue weighted by atomic mass is 10.1. The van der Waals surface area contributed by atoms with Crippen LogP contribution in [-0.4, -0.2) is 45.0 Å². The van der Waals surface area contributed by atoms with Gasteiger partial charge < -0.3 is 18.4 Å². The molecule has 5 nitrogen and oxygen atoms in total. The predicted octanol–water partition coefficient (Wildman–Crippen LogP) is 4.90. The van der Waals surface area contributed by atoms with Crippen molar-refractivity contribution in [3.8, 4) is 0 Å². The first kappa shape index (κ1) is 3.33. The van der Waals surface area contributed by atoms with Crippen molar-refractivity contribution < 1.29 is 80.6 Å². The van der Waals surface area contributed by atoms with Gasteiger partial charge in [-0.25, -0.2) is 0 Å². The molecule has 0 saturated carbocycles. The number of rotatable bonds is 18. The van der Waals surface area contributed by atoms with Crippen molar-refractivity contribution in [2.75, 3.05) is 40.5 Å². The molecule has 0 aromatic rings. The molecular weight excluding hydrogens is 337 g/mol. The lowest BCUT2D eigenvalue weighted by molar-refractivity contribution is -0.870. The molecular formula is C19H42NO4P. The Morgan fingerprint density at radius 1 is 0.840 bits per heavy atom. The molecule has 6 heteroatoms. The van der Waals surface area contributed by atoms with Gasteiger partial charge in [-0.15, -0.1) is 0 Å². The Kier molecular flexibility index (Phi) is 2.02. The molecule has 0 amide bonds. The number of phosphoric ester groups is 1. The van der Waals surface area contributed by atoms with Crippen LogP contribution in [0.4, 0.5) is 0 Å². The van der Waals surface area contributed by atoms with Gasteiger partial charge in [0.1, 0.15) is 13.1 Å². The largest absolute Gasteiger partial charge is 0.756 e. The Hall–Kier alpha value is 0.0700. The molecule has 0 fully saturated rings. The maximum Gasteiger partial charge on any atom is 0.268 e. The zero-order chi connectivity index (χ0) is 55.9.